The number of hydrogen-bond acceptors (Lipinski definition) is 1. The SMILES string of the molecule is CCOC(C=C(C)C)CCl. The number of rotatable bonds is 4. The Bertz CT molecular complexity index is 106. The maximum absolute atomic E-state index is 5.62. The number of ether oxygens (including phenoxy) is 1. The van der Waals surface area contributed by atoms with E-state index in [1.807, 2.05) is 26.8 Å². The van der Waals surface area contributed by atoms with Gasteiger partial charge in [-0.1, -0.05) is 11.6 Å². The molecule has 0 aromatic heterocycles. The highest BCUT2D eigenvalue weighted by molar-refractivity contribution is 6.18. The van der Waals surface area contributed by atoms with Gasteiger partial charge in [-0.05, 0) is 20.8 Å². The number of halogens is 1. The van der Waals surface area contributed by atoms with Crippen LogP contribution in [-0.4, -0.2) is 18.6 Å². The van der Waals surface area contributed by atoms with Gasteiger partial charge in [0.05, 0.1) is 12.0 Å². The second kappa shape index (κ2) is 5.75. The molecule has 0 radical (unpaired) electrons. The highest BCUT2D eigenvalue weighted by Crippen LogP contribution is 2.01. The summed E-state index contributed by atoms with van der Waals surface area (Å²) >= 11 is 5.62. The monoisotopic (exact) mass is 162 g/mol. The highest BCUT2D eigenvalue weighted by Gasteiger charge is 2.00. The summed E-state index contributed by atoms with van der Waals surface area (Å²) in [4.78, 5) is 0. The van der Waals surface area contributed by atoms with Gasteiger partial charge in [-0.15, -0.1) is 11.6 Å². The smallest absolute Gasteiger partial charge is 0.0893 e. The summed E-state index contributed by atoms with van der Waals surface area (Å²) in [6.07, 6.45) is 2.13. The van der Waals surface area contributed by atoms with Gasteiger partial charge in [0, 0.05) is 6.61 Å². The first-order valence-electron chi connectivity index (χ1n) is 3.53. The van der Waals surface area contributed by atoms with E-state index in [1.54, 1.807) is 0 Å². The predicted molar refractivity (Wildman–Crippen MR) is 45.6 cm³/mol. The Kier molecular flexibility index (Phi) is 5.74. The van der Waals surface area contributed by atoms with Gasteiger partial charge in [-0.2, -0.15) is 0 Å². The van der Waals surface area contributed by atoms with Crippen molar-refractivity contribution in [2.75, 3.05) is 12.5 Å². The fourth-order valence-electron chi connectivity index (χ4n) is 0.723. The average Bonchev–Trinajstić information content (AvgIpc) is 1.86. The standard InChI is InChI=1S/C8H15ClO/c1-4-10-8(6-9)5-7(2)3/h5,8H,4,6H2,1-3H3. The molecule has 10 heavy (non-hydrogen) atoms. The molecular formula is C8H15ClO. The maximum Gasteiger partial charge on any atom is 0.0893 e. The predicted octanol–water partition coefficient (Wildman–Crippen LogP) is 2.60. The van der Waals surface area contributed by atoms with Crippen molar-refractivity contribution in [3.05, 3.63) is 11.6 Å². The van der Waals surface area contributed by atoms with E-state index in [9.17, 15) is 0 Å². The molecule has 0 aliphatic rings. The third kappa shape index (κ3) is 4.83. The van der Waals surface area contributed by atoms with Crippen LogP contribution in [0.15, 0.2) is 11.6 Å². The minimum absolute atomic E-state index is 0.0941. The molecule has 0 saturated carbocycles. The molecular weight excluding hydrogens is 148 g/mol. The summed E-state index contributed by atoms with van der Waals surface area (Å²) in [6.45, 7) is 6.77. The van der Waals surface area contributed by atoms with Gasteiger partial charge in [0.2, 0.25) is 0 Å². The molecule has 1 unspecified atom stereocenters. The van der Waals surface area contributed by atoms with Crippen molar-refractivity contribution in [1.29, 1.82) is 0 Å². The molecule has 0 bridgehead atoms. The van der Waals surface area contributed by atoms with E-state index in [-0.39, 0.29) is 6.10 Å². The summed E-state index contributed by atoms with van der Waals surface area (Å²) in [7, 11) is 0. The molecule has 0 amide bonds. The molecule has 0 aromatic rings. The van der Waals surface area contributed by atoms with E-state index in [4.69, 9.17) is 16.3 Å². The molecule has 0 spiro atoms. The molecule has 0 rings (SSSR count). The molecule has 1 nitrogen and oxygen atoms in total. The van der Waals surface area contributed by atoms with Crippen LogP contribution in [0.1, 0.15) is 20.8 Å². The van der Waals surface area contributed by atoms with E-state index < -0.39 is 0 Å². The molecule has 60 valence electrons. The van der Waals surface area contributed by atoms with Crippen LogP contribution in [0.5, 0.6) is 0 Å². The second-order valence-corrected chi connectivity index (χ2v) is 2.70. The average molecular weight is 163 g/mol. The summed E-state index contributed by atoms with van der Waals surface area (Å²) in [5, 5.41) is 0. The first kappa shape index (κ1) is 9.99. The summed E-state index contributed by atoms with van der Waals surface area (Å²) < 4.78 is 5.29. The lowest BCUT2D eigenvalue weighted by molar-refractivity contribution is 0.111. The molecule has 0 aliphatic heterocycles. The Hall–Kier alpha value is -0.0100. The van der Waals surface area contributed by atoms with Crippen LogP contribution in [-0.2, 0) is 4.74 Å². The van der Waals surface area contributed by atoms with Crippen molar-refractivity contribution >= 4 is 11.6 Å². The molecule has 0 aliphatic carbocycles. The van der Waals surface area contributed by atoms with Gasteiger partial charge < -0.3 is 4.74 Å². The Morgan fingerprint density at radius 1 is 1.60 bits per heavy atom. The van der Waals surface area contributed by atoms with Crippen LogP contribution in [0.25, 0.3) is 0 Å². The van der Waals surface area contributed by atoms with Crippen molar-refractivity contribution in [1.82, 2.24) is 0 Å². The lowest BCUT2D eigenvalue weighted by Crippen LogP contribution is -2.11. The zero-order valence-electron chi connectivity index (χ0n) is 6.86. The van der Waals surface area contributed by atoms with Crippen LogP contribution in [0, 0.1) is 0 Å². The van der Waals surface area contributed by atoms with Crippen LogP contribution >= 0.6 is 11.6 Å². The van der Waals surface area contributed by atoms with Gasteiger partial charge in [-0.25, -0.2) is 0 Å². The fraction of sp³-hybridized carbons (Fsp3) is 0.750. The first-order chi connectivity index (χ1) is 4.70. The Labute approximate surface area is 68.0 Å². The zero-order valence-corrected chi connectivity index (χ0v) is 7.61. The zero-order chi connectivity index (χ0) is 7.98. The molecule has 1 atom stereocenters. The Morgan fingerprint density at radius 2 is 2.20 bits per heavy atom. The summed E-state index contributed by atoms with van der Waals surface area (Å²) in [6, 6.07) is 0. The van der Waals surface area contributed by atoms with Crippen LogP contribution in [0.3, 0.4) is 0 Å². The molecule has 0 aromatic carbocycles. The topological polar surface area (TPSA) is 9.23 Å². The third-order valence-corrected chi connectivity index (χ3v) is 1.36. The molecule has 0 heterocycles. The van der Waals surface area contributed by atoms with Crippen LogP contribution < -0.4 is 0 Å². The highest BCUT2D eigenvalue weighted by atomic mass is 35.5. The molecule has 0 saturated heterocycles. The van der Waals surface area contributed by atoms with Crippen molar-refractivity contribution < 1.29 is 4.74 Å². The second-order valence-electron chi connectivity index (χ2n) is 2.39. The minimum Gasteiger partial charge on any atom is -0.373 e. The fourth-order valence-corrected chi connectivity index (χ4v) is 0.901. The van der Waals surface area contributed by atoms with Gasteiger partial charge in [-0.3, -0.25) is 0 Å². The Morgan fingerprint density at radius 3 is 2.50 bits per heavy atom. The molecule has 0 fully saturated rings. The lowest BCUT2D eigenvalue weighted by Gasteiger charge is -2.08. The Balaban J connectivity index is 3.71. The van der Waals surface area contributed by atoms with E-state index in [0.29, 0.717) is 5.88 Å². The van der Waals surface area contributed by atoms with E-state index in [1.165, 1.54) is 5.57 Å². The minimum atomic E-state index is 0.0941. The van der Waals surface area contributed by atoms with Gasteiger partial charge in [0.1, 0.15) is 0 Å². The van der Waals surface area contributed by atoms with E-state index >= 15 is 0 Å². The van der Waals surface area contributed by atoms with Crippen molar-refractivity contribution in [3.63, 3.8) is 0 Å². The van der Waals surface area contributed by atoms with Gasteiger partial charge in [0.25, 0.3) is 0 Å². The number of alkyl halides is 1. The third-order valence-electron chi connectivity index (χ3n) is 1.05. The van der Waals surface area contributed by atoms with Crippen LogP contribution in [0.4, 0.5) is 0 Å². The lowest BCUT2D eigenvalue weighted by atomic mass is 10.2. The summed E-state index contributed by atoms with van der Waals surface area (Å²) in [5.74, 6) is 0.541. The molecule has 2 heteroatoms. The quantitative estimate of drug-likeness (QED) is 0.456. The van der Waals surface area contributed by atoms with Crippen LogP contribution in [0.2, 0.25) is 0 Å². The largest absolute Gasteiger partial charge is 0.373 e. The van der Waals surface area contributed by atoms with Crippen molar-refractivity contribution in [2.24, 2.45) is 0 Å². The number of allylic oxidation sites excluding steroid dienone is 1. The van der Waals surface area contributed by atoms with Gasteiger partial charge >= 0.3 is 0 Å². The maximum atomic E-state index is 5.62. The van der Waals surface area contributed by atoms with E-state index in [2.05, 4.69) is 0 Å². The van der Waals surface area contributed by atoms with Crippen molar-refractivity contribution in [2.45, 2.75) is 26.9 Å². The van der Waals surface area contributed by atoms with Gasteiger partial charge in [0.15, 0.2) is 0 Å². The summed E-state index contributed by atoms with van der Waals surface area (Å²) in [5.41, 5.74) is 1.25. The van der Waals surface area contributed by atoms with Crippen molar-refractivity contribution in [3.8, 4) is 0 Å². The molecule has 0 N–H and O–H groups in total. The van der Waals surface area contributed by atoms with E-state index in [0.717, 1.165) is 6.61 Å². The number of hydrogen-bond donors (Lipinski definition) is 0. The normalized spacial score (nSPS) is 12.8. The first-order valence-corrected chi connectivity index (χ1v) is 4.06.